The zero-order valence-electron chi connectivity index (χ0n) is 14.9. The van der Waals surface area contributed by atoms with Gasteiger partial charge < -0.3 is 9.47 Å². The molecule has 0 atom stereocenters. The molecule has 0 unspecified atom stereocenters. The summed E-state index contributed by atoms with van der Waals surface area (Å²) in [7, 11) is 2.62. The molecule has 0 aliphatic rings. The maximum atomic E-state index is 11.8. The first-order chi connectivity index (χ1) is 12.5. The van der Waals surface area contributed by atoms with E-state index in [4.69, 9.17) is 0 Å². The molecule has 2 aromatic rings. The minimum atomic E-state index is -0.394. The number of ether oxygens (including phenoxy) is 2. The Bertz CT molecular complexity index is 644. The van der Waals surface area contributed by atoms with Crippen LogP contribution in [0.1, 0.15) is 15.9 Å². The zero-order valence-corrected chi connectivity index (χ0v) is 14.9. The lowest BCUT2D eigenvalue weighted by molar-refractivity contribution is -0.135. The van der Waals surface area contributed by atoms with Crippen molar-refractivity contribution in [2.45, 2.75) is 0 Å². The molecule has 0 radical (unpaired) electrons. The molecule has 0 spiro atoms. The van der Waals surface area contributed by atoms with Crippen molar-refractivity contribution in [3.8, 4) is 0 Å². The van der Waals surface area contributed by atoms with Crippen molar-refractivity contribution in [3.63, 3.8) is 0 Å². The first-order valence-corrected chi connectivity index (χ1v) is 7.55. The molecule has 0 amide bonds. The largest absolute Gasteiger partial charge is 0.466 e. The Hall–Kier alpha value is -3.47. The monoisotopic (exact) mass is 354 g/mol. The lowest BCUT2D eigenvalue weighted by Crippen LogP contribution is -1.99. The van der Waals surface area contributed by atoms with Crippen LogP contribution in [0.5, 0.6) is 0 Å². The highest BCUT2D eigenvalue weighted by molar-refractivity contribution is 6.08. The van der Waals surface area contributed by atoms with E-state index in [1.54, 1.807) is 0 Å². The fourth-order valence-electron chi connectivity index (χ4n) is 1.51. The number of ketones is 1. The van der Waals surface area contributed by atoms with Crippen LogP contribution in [0, 0.1) is 0 Å². The van der Waals surface area contributed by atoms with Crippen molar-refractivity contribution in [2.24, 2.45) is 0 Å². The lowest BCUT2D eigenvalue weighted by Gasteiger charge is -1.99. The number of carbonyl (C=O) groups is 3. The second kappa shape index (κ2) is 13.9. The van der Waals surface area contributed by atoms with Gasteiger partial charge >= 0.3 is 11.9 Å². The van der Waals surface area contributed by atoms with E-state index in [1.165, 1.54) is 14.2 Å². The van der Waals surface area contributed by atoms with Crippen LogP contribution in [0.25, 0.3) is 0 Å². The Morgan fingerprint density at radius 3 is 1.19 bits per heavy atom. The van der Waals surface area contributed by atoms with Crippen LogP contribution in [-0.4, -0.2) is 31.9 Å². The maximum absolute atomic E-state index is 11.8. The Kier molecular flexibility index (Phi) is 12.1. The van der Waals surface area contributed by atoms with E-state index in [0.29, 0.717) is 0 Å². The molecule has 0 fully saturated rings. The van der Waals surface area contributed by atoms with Crippen LogP contribution in [-0.2, 0) is 19.1 Å². The van der Waals surface area contributed by atoms with Gasteiger partial charge in [-0.1, -0.05) is 73.8 Å². The molecule has 0 saturated heterocycles. The minimum Gasteiger partial charge on any atom is -0.466 e. The highest BCUT2D eigenvalue weighted by Gasteiger charge is 2.06. The number of methoxy groups -OCH3 is 2. The molecule has 0 bridgehead atoms. The molecule has 0 heterocycles. The number of esters is 2. The summed E-state index contributed by atoms with van der Waals surface area (Å²) in [4.78, 5) is 31.5. The van der Waals surface area contributed by atoms with E-state index in [0.717, 1.165) is 23.3 Å². The van der Waals surface area contributed by atoms with E-state index in [9.17, 15) is 14.4 Å². The number of carbonyl (C=O) groups excluding carboxylic acids is 3. The summed E-state index contributed by atoms with van der Waals surface area (Å²) in [5.74, 6) is -0.712. The van der Waals surface area contributed by atoms with Crippen LogP contribution in [0.15, 0.2) is 86.0 Å². The number of hydrogen-bond donors (Lipinski definition) is 0. The number of benzene rings is 2. The third kappa shape index (κ3) is 9.62. The fraction of sp³-hybridized carbons (Fsp3) is 0.0952. The van der Waals surface area contributed by atoms with Gasteiger partial charge in [0.15, 0.2) is 5.78 Å². The van der Waals surface area contributed by atoms with Gasteiger partial charge in [0.1, 0.15) is 0 Å². The van der Waals surface area contributed by atoms with E-state index < -0.39 is 11.9 Å². The van der Waals surface area contributed by atoms with Gasteiger partial charge in [0.25, 0.3) is 0 Å². The summed E-state index contributed by atoms with van der Waals surface area (Å²) in [6.45, 7) is 6.31. The maximum Gasteiger partial charge on any atom is 0.329 e. The topological polar surface area (TPSA) is 69.7 Å². The van der Waals surface area contributed by atoms with Crippen molar-refractivity contribution >= 4 is 17.7 Å². The van der Waals surface area contributed by atoms with Gasteiger partial charge in [0.05, 0.1) is 14.2 Å². The molecule has 5 nitrogen and oxygen atoms in total. The summed E-state index contributed by atoms with van der Waals surface area (Å²) in [6, 6.07) is 18.6. The third-order valence-electron chi connectivity index (χ3n) is 2.81. The van der Waals surface area contributed by atoms with Crippen molar-refractivity contribution in [1.29, 1.82) is 0 Å². The van der Waals surface area contributed by atoms with Crippen LogP contribution in [0.2, 0.25) is 0 Å². The van der Waals surface area contributed by atoms with Crippen LogP contribution < -0.4 is 0 Å². The highest BCUT2D eigenvalue weighted by atomic mass is 16.5. The smallest absolute Gasteiger partial charge is 0.329 e. The van der Waals surface area contributed by atoms with E-state index in [1.807, 2.05) is 60.7 Å². The average Bonchev–Trinajstić information content (AvgIpc) is 2.74. The molecule has 2 aromatic carbocycles. The third-order valence-corrected chi connectivity index (χ3v) is 2.81. The minimum absolute atomic E-state index is 0.0752. The molecule has 0 N–H and O–H groups in total. The Morgan fingerprint density at radius 2 is 1.00 bits per heavy atom. The Labute approximate surface area is 153 Å². The first kappa shape index (κ1) is 22.5. The molecule has 136 valence electrons. The highest BCUT2D eigenvalue weighted by Crippen LogP contribution is 2.08. The molecule has 5 heteroatoms. The van der Waals surface area contributed by atoms with E-state index in [-0.39, 0.29) is 5.78 Å². The van der Waals surface area contributed by atoms with Crippen molar-refractivity contribution in [1.82, 2.24) is 0 Å². The summed E-state index contributed by atoms with van der Waals surface area (Å²) < 4.78 is 8.28. The molecule has 0 aromatic heterocycles. The molecule has 2 rings (SSSR count). The van der Waals surface area contributed by atoms with Crippen LogP contribution in [0.4, 0.5) is 0 Å². The predicted molar refractivity (Wildman–Crippen MR) is 101 cm³/mol. The van der Waals surface area contributed by atoms with E-state index >= 15 is 0 Å². The first-order valence-electron chi connectivity index (χ1n) is 7.55. The van der Waals surface area contributed by atoms with Gasteiger partial charge in [-0.3, -0.25) is 4.79 Å². The van der Waals surface area contributed by atoms with Gasteiger partial charge in [0.2, 0.25) is 0 Å². The molecule has 0 aliphatic heterocycles. The summed E-state index contributed by atoms with van der Waals surface area (Å²) in [5, 5.41) is 0. The van der Waals surface area contributed by atoms with Gasteiger partial charge in [-0.25, -0.2) is 9.59 Å². The Balaban J connectivity index is 0.000000437. The number of rotatable bonds is 4. The molecule has 0 aliphatic carbocycles. The van der Waals surface area contributed by atoms with Crippen molar-refractivity contribution in [2.75, 3.05) is 14.2 Å². The van der Waals surface area contributed by atoms with Gasteiger partial charge in [-0.2, -0.15) is 0 Å². The second-order valence-corrected chi connectivity index (χ2v) is 4.52. The SMILES string of the molecule is C=CC(=O)OC.C=CC(=O)OC.O=C(c1ccccc1)c1ccccc1. The average molecular weight is 354 g/mol. The van der Waals surface area contributed by atoms with E-state index in [2.05, 4.69) is 22.6 Å². The van der Waals surface area contributed by atoms with Crippen molar-refractivity contribution < 1.29 is 23.9 Å². The van der Waals surface area contributed by atoms with Crippen molar-refractivity contribution in [3.05, 3.63) is 97.1 Å². The fourth-order valence-corrected chi connectivity index (χ4v) is 1.51. The lowest BCUT2D eigenvalue weighted by atomic mass is 10.0. The Morgan fingerprint density at radius 1 is 0.692 bits per heavy atom. The standard InChI is InChI=1S/C13H10O.2C4H6O2/c14-13(11-7-3-1-4-8-11)12-9-5-2-6-10-12;2*1-3-4(5)6-2/h1-10H;2*3H,1H2,2H3. The second-order valence-electron chi connectivity index (χ2n) is 4.52. The molecule has 0 saturated carbocycles. The predicted octanol–water partition coefficient (Wildman–Crippen LogP) is 3.61. The summed E-state index contributed by atoms with van der Waals surface area (Å²) in [6.07, 6.45) is 2.22. The van der Waals surface area contributed by atoms with Crippen LogP contribution in [0.3, 0.4) is 0 Å². The quantitative estimate of drug-likeness (QED) is 0.477. The normalized spacial score (nSPS) is 8.38. The molecule has 26 heavy (non-hydrogen) atoms. The van der Waals surface area contributed by atoms with Gasteiger partial charge in [-0.05, 0) is 0 Å². The number of hydrogen-bond acceptors (Lipinski definition) is 5. The van der Waals surface area contributed by atoms with Crippen LogP contribution >= 0.6 is 0 Å². The molecular formula is C21H22O5. The van der Waals surface area contributed by atoms with Gasteiger partial charge in [-0.15, -0.1) is 0 Å². The molecular weight excluding hydrogens is 332 g/mol. The van der Waals surface area contributed by atoms with Gasteiger partial charge in [0, 0.05) is 23.3 Å². The summed E-state index contributed by atoms with van der Waals surface area (Å²) >= 11 is 0. The summed E-state index contributed by atoms with van der Waals surface area (Å²) in [5.41, 5.74) is 1.47. The zero-order chi connectivity index (χ0) is 19.8.